The Bertz CT molecular complexity index is 860. The van der Waals surface area contributed by atoms with Gasteiger partial charge in [-0.25, -0.2) is 4.39 Å². The van der Waals surface area contributed by atoms with Gasteiger partial charge >= 0.3 is 0 Å². The van der Waals surface area contributed by atoms with E-state index in [1.165, 1.54) is 24.3 Å². The van der Waals surface area contributed by atoms with E-state index < -0.39 is 12.0 Å². The number of nitrogens with one attached hydrogen (secondary N) is 1. The number of aryl methyl sites for hydroxylation is 1. The molecule has 6 heteroatoms. The first kappa shape index (κ1) is 16.9. The molecule has 1 aromatic heterocycles. The van der Waals surface area contributed by atoms with Gasteiger partial charge in [-0.3, -0.25) is 4.79 Å². The van der Waals surface area contributed by atoms with Crippen molar-refractivity contribution in [1.29, 1.82) is 0 Å². The van der Waals surface area contributed by atoms with Crippen LogP contribution in [0.2, 0.25) is 0 Å². The molecule has 0 saturated carbocycles. The van der Waals surface area contributed by atoms with Crippen molar-refractivity contribution < 1.29 is 18.8 Å². The van der Waals surface area contributed by atoms with E-state index in [1.54, 1.807) is 6.92 Å². The number of aliphatic hydroxyl groups excluding tert-OH is 1. The molecule has 1 amide bonds. The largest absolute Gasteiger partial charge is 0.387 e. The molecule has 1 unspecified atom stereocenters. The summed E-state index contributed by atoms with van der Waals surface area (Å²) >= 11 is 0. The van der Waals surface area contributed by atoms with Crippen LogP contribution in [-0.4, -0.2) is 22.7 Å². The molecule has 1 atom stereocenters. The van der Waals surface area contributed by atoms with Crippen LogP contribution in [-0.2, 0) is 0 Å². The van der Waals surface area contributed by atoms with Crippen molar-refractivity contribution in [2.24, 2.45) is 0 Å². The molecule has 25 heavy (non-hydrogen) atoms. The van der Waals surface area contributed by atoms with Crippen LogP contribution in [0.4, 0.5) is 4.39 Å². The van der Waals surface area contributed by atoms with Crippen molar-refractivity contribution in [3.63, 3.8) is 0 Å². The fourth-order valence-electron chi connectivity index (χ4n) is 2.51. The molecular formula is C19H17FN2O3. The Morgan fingerprint density at radius 3 is 2.56 bits per heavy atom. The Hall–Kier alpha value is -2.99. The molecule has 0 spiro atoms. The van der Waals surface area contributed by atoms with Crippen LogP contribution in [0.5, 0.6) is 0 Å². The number of aliphatic hydroxyl groups is 1. The molecule has 1 heterocycles. The number of aromatic nitrogens is 1. The molecule has 3 rings (SSSR count). The van der Waals surface area contributed by atoms with Gasteiger partial charge in [-0.15, -0.1) is 0 Å². The minimum atomic E-state index is -0.940. The third-order valence-electron chi connectivity index (χ3n) is 3.85. The van der Waals surface area contributed by atoms with E-state index in [0.29, 0.717) is 22.6 Å². The van der Waals surface area contributed by atoms with Gasteiger partial charge in [0.2, 0.25) is 0 Å². The quantitative estimate of drug-likeness (QED) is 0.747. The fraction of sp³-hybridized carbons (Fsp3) is 0.158. The van der Waals surface area contributed by atoms with E-state index in [-0.39, 0.29) is 12.4 Å². The summed E-state index contributed by atoms with van der Waals surface area (Å²) in [5.74, 6) is -0.376. The number of rotatable bonds is 5. The van der Waals surface area contributed by atoms with Gasteiger partial charge in [-0.2, -0.15) is 0 Å². The number of hydrogen-bond acceptors (Lipinski definition) is 4. The SMILES string of the molecule is Cc1onc(-c2ccccc2)c1C(=O)NCC(O)c1ccc(F)cc1. The van der Waals surface area contributed by atoms with Crippen LogP contribution in [0.15, 0.2) is 59.1 Å². The number of benzene rings is 2. The Morgan fingerprint density at radius 1 is 1.20 bits per heavy atom. The molecule has 0 aliphatic rings. The highest BCUT2D eigenvalue weighted by atomic mass is 19.1. The maximum atomic E-state index is 12.9. The average molecular weight is 340 g/mol. The number of halogens is 1. The first-order valence-electron chi connectivity index (χ1n) is 7.79. The minimum absolute atomic E-state index is 0.0106. The van der Waals surface area contributed by atoms with Crippen molar-refractivity contribution in [2.75, 3.05) is 6.54 Å². The molecule has 0 bridgehead atoms. The molecule has 2 aromatic carbocycles. The van der Waals surface area contributed by atoms with Gasteiger partial charge in [0, 0.05) is 12.1 Å². The van der Waals surface area contributed by atoms with Crippen LogP contribution in [0.3, 0.4) is 0 Å². The number of carbonyl (C=O) groups is 1. The van der Waals surface area contributed by atoms with Gasteiger partial charge in [0.05, 0.1) is 6.10 Å². The zero-order chi connectivity index (χ0) is 17.8. The zero-order valence-corrected chi connectivity index (χ0v) is 13.6. The van der Waals surface area contributed by atoms with E-state index >= 15 is 0 Å². The van der Waals surface area contributed by atoms with Crippen LogP contribution >= 0.6 is 0 Å². The van der Waals surface area contributed by atoms with Crippen molar-refractivity contribution in [3.05, 3.63) is 77.3 Å². The molecular weight excluding hydrogens is 323 g/mol. The highest BCUT2D eigenvalue weighted by Gasteiger charge is 2.22. The normalized spacial score (nSPS) is 12.0. The Labute approximate surface area is 144 Å². The highest BCUT2D eigenvalue weighted by molar-refractivity contribution is 6.00. The van der Waals surface area contributed by atoms with Gasteiger partial charge in [-0.1, -0.05) is 47.6 Å². The minimum Gasteiger partial charge on any atom is -0.387 e. The molecule has 5 nitrogen and oxygen atoms in total. The Morgan fingerprint density at radius 2 is 1.88 bits per heavy atom. The van der Waals surface area contributed by atoms with E-state index in [0.717, 1.165) is 5.56 Å². The smallest absolute Gasteiger partial charge is 0.257 e. The second kappa shape index (κ2) is 7.27. The highest BCUT2D eigenvalue weighted by Crippen LogP contribution is 2.25. The summed E-state index contributed by atoms with van der Waals surface area (Å²) in [6.07, 6.45) is -0.940. The maximum Gasteiger partial charge on any atom is 0.257 e. The molecule has 0 aliphatic heterocycles. The molecule has 0 fully saturated rings. The number of hydrogen-bond donors (Lipinski definition) is 2. The van der Waals surface area contributed by atoms with Gasteiger partial charge in [0.15, 0.2) is 0 Å². The number of nitrogens with zero attached hydrogens (tertiary/aromatic N) is 1. The molecule has 0 aliphatic carbocycles. The van der Waals surface area contributed by atoms with Crippen LogP contribution in [0.25, 0.3) is 11.3 Å². The van der Waals surface area contributed by atoms with E-state index in [2.05, 4.69) is 10.5 Å². The van der Waals surface area contributed by atoms with Gasteiger partial charge in [0.1, 0.15) is 22.8 Å². The standard InChI is InChI=1S/C19H17FN2O3/c1-12-17(18(22-25-12)14-5-3-2-4-6-14)19(24)21-11-16(23)13-7-9-15(20)10-8-13/h2-10,16,23H,11H2,1H3,(H,21,24). The number of amides is 1. The van der Waals surface area contributed by atoms with Gasteiger partial charge in [-0.05, 0) is 24.6 Å². The van der Waals surface area contributed by atoms with Crippen molar-refractivity contribution in [2.45, 2.75) is 13.0 Å². The van der Waals surface area contributed by atoms with Crippen LogP contribution < -0.4 is 5.32 Å². The second-order valence-electron chi connectivity index (χ2n) is 5.61. The zero-order valence-electron chi connectivity index (χ0n) is 13.6. The summed E-state index contributed by atoms with van der Waals surface area (Å²) in [6.45, 7) is 1.65. The number of carbonyl (C=O) groups excluding carboxylic acids is 1. The predicted molar refractivity (Wildman–Crippen MR) is 90.4 cm³/mol. The predicted octanol–water partition coefficient (Wildman–Crippen LogP) is 3.25. The molecule has 3 aromatic rings. The lowest BCUT2D eigenvalue weighted by Crippen LogP contribution is -2.29. The van der Waals surface area contributed by atoms with Crippen LogP contribution in [0, 0.1) is 12.7 Å². The summed E-state index contributed by atoms with van der Waals surface area (Å²) < 4.78 is 18.1. The van der Waals surface area contributed by atoms with Gasteiger partial charge in [0.25, 0.3) is 5.91 Å². The van der Waals surface area contributed by atoms with Crippen molar-refractivity contribution in [3.8, 4) is 11.3 Å². The lowest BCUT2D eigenvalue weighted by atomic mass is 10.1. The average Bonchev–Trinajstić information content (AvgIpc) is 3.02. The first-order chi connectivity index (χ1) is 12.1. The summed E-state index contributed by atoms with van der Waals surface area (Å²) in [6, 6.07) is 14.7. The second-order valence-corrected chi connectivity index (χ2v) is 5.61. The van der Waals surface area contributed by atoms with Crippen LogP contribution in [0.1, 0.15) is 27.8 Å². The van der Waals surface area contributed by atoms with Crippen molar-refractivity contribution >= 4 is 5.91 Å². The van der Waals surface area contributed by atoms with E-state index in [1.807, 2.05) is 30.3 Å². The molecule has 128 valence electrons. The fourth-order valence-corrected chi connectivity index (χ4v) is 2.51. The maximum absolute atomic E-state index is 12.9. The van der Waals surface area contributed by atoms with E-state index in [4.69, 9.17) is 4.52 Å². The van der Waals surface area contributed by atoms with E-state index in [9.17, 15) is 14.3 Å². The Balaban J connectivity index is 1.74. The topological polar surface area (TPSA) is 75.4 Å². The molecule has 0 radical (unpaired) electrons. The summed E-state index contributed by atoms with van der Waals surface area (Å²) in [5.41, 5.74) is 2.07. The summed E-state index contributed by atoms with van der Waals surface area (Å²) in [7, 11) is 0. The lowest BCUT2D eigenvalue weighted by molar-refractivity contribution is 0.0915. The lowest BCUT2D eigenvalue weighted by Gasteiger charge is -2.12. The summed E-state index contributed by atoms with van der Waals surface area (Å²) in [5, 5.41) is 16.8. The first-order valence-corrected chi connectivity index (χ1v) is 7.79. The monoisotopic (exact) mass is 340 g/mol. The molecule has 0 saturated heterocycles. The Kier molecular flexibility index (Phi) is 4.90. The molecule has 2 N–H and O–H groups in total. The third-order valence-corrected chi connectivity index (χ3v) is 3.85. The van der Waals surface area contributed by atoms with Gasteiger partial charge < -0.3 is 14.9 Å². The summed E-state index contributed by atoms with van der Waals surface area (Å²) in [4.78, 5) is 12.5. The van der Waals surface area contributed by atoms with Crippen molar-refractivity contribution in [1.82, 2.24) is 10.5 Å². The third kappa shape index (κ3) is 3.75.